The monoisotopic (exact) mass is 262 g/mol. The molecule has 0 N–H and O–H groups in total. The van der Waals surface area contributed by atoms with Crippen molar-refractivity contribution >= 4 is 5.97 Å². The maximum atomic E-state index is 11.9. The van der Waals surface area contributed by atoms with Crippen molar-refractivity contribution in [2.45, 2.75) is 32.5 Å². The Morgan fingerprint density at radius 3 is 2.22 bits per heavy atom. The first-order valence-electron chi connectivity index (χ1n) is 5.47. The minimum absolute atomic E-state index is 0.200. The number of hydrogen-bond donors (Lipinski definition) is 0. The number of esters is 1. The third-order valence-corrected chi connectivity index (χ3v) is 2.02. The number of benzene rings is 1. The molecule has 0 spiro atoms. The molecule has 0 atom stereocenters. The number of hydrogen-bond acceptors (Lipinski definition) is 3. The molecule has 18 heavy (non-hydrogen) atoms. The van der Waals surface area contributed by atoms with E-state index in [1.54, 1.807) is 0 Å². The van der Waals surface area contributed by atoms with Crippen LogP contribution in [0.5, 0.6) is 11.5 Å². The SMILES string of the molecule is CCCCC(=O)Oc1ccc(OC(F)(F)F)cc1. The summed E-state index contributed by atoms with van der Waals surface area (Å²) in [6.07, 6.45) is -2.85. The van der Waals surface area contributed by atoms with Crippen LogP contribution < -0.4 is 9.47 Å². The van der Waals surface area contributed by atoms with Gasteiger partial charge in [-0.2, -0.15) is 0 Å². The summed E-state index contributed by atoms with van der Waals surface area (Å²) >= 11 is 0. The van der Waals surface area contributed by atoms with E-state index in [9.17, 15) is 18.0 Å². The Morgan fingerprint density at radius 1 is 1.17 bits per heavy atom. The van der Waals surface area contributed by atoms with Gasteiger partial charge in [0.15, 0.2) is 0 Å². The maximum Gasteiger partial charge on any atom is 0.573 e. The Labute approximate surface area is 103 Å². The molecule has 0 unspecified atom stereocenters. The van der Waals surface area contributed by atoms with Crippen LogP contribution in [0.3, 0.4) is 0 Å². The molecule has 100 valence electrons. The van der Waals surface area contributed by atoms with E-state index < -0.39 is 12.3 Å². The zero-order chi connectivity index (χ0) is 13.6. The second-order valence-electron chi connectivity index (χ2n) is 3.60. The van der Waals surface area contributed by atoms with Crippen LogP contribution >= 0.6 is 0 Å². The average Bonchev–Trinajstić information content (AvgIpc) is 2.27. The molecule has 0 saturated heterocycles. The molecular weight excluding hydrogens is 249 g/mol. The Balaban J connectivity index is 2.52. The number of halogens is 3. The number of ether oxygens (including phenoxy) is 2. The minimum atomic E-state index is -4.72. The third kappa shape index (κ3) is 5.56. The van der Waals surface area contributed by atoms with Crippen LogP contribution in [0.2, 0.25) is 0 Å². The van der Waals surface area contributed by atoms with Crippen molar-refractivity contribution in [3.05, 3.63) is 24.3 Å². The zero-order valence-electron chi connectivity index (χ0n) is 9.79. The van der Waals surface area contributed by atoms with Gasteiger partial charge in [-0.3, -0.25) is 4.79 Å². The topological polar surface area (TPSA) is 35.5 Å². The highest BCUT2D eigenvalue weighted by molar-refractivity contribution is 5.72. The van der Waals surface area contributed by atoms with Crippen LogP contribution in [0.4, 0.5) is 13.2 Å². The quantitative estimate of drug-likeness (QED) is 0.599. The van der Waals surface area contributed by atoms with Gasteiger partial charge < -0.3 is 9.47 Å². The molecule has 6 heteroatoms. The molecule has 1 rings (SSSR count). The lowest BCUT2D eigenvalue weighted by atomic mass is 10.2. The first-order chi connectivity index (χ1) is 8.40. The fraction of sp³-hybridized carbons (Fsp3) is 0.417. The standard InChI is InChI=1S/C12H13F3O3/c1-2-3-4-11(16)17-9-5-7-10(8-6-9)18-12(13,14)15/h5-8H,2-4H2,1H3. The molecule has 0 aliphatic carbocycles. The van der Waals surface area contributed by atoms with E-state index in [-0.39, 0.29) is 17.9 Å². The summed E-state index contributed by atoms with van der Waals surface area (Å²) in [7, 11) is 0. The minimum Gasteiger partial charge on any atom is -0.427 e. The number of carbonyl (C=O) groups is 1. The van der Waals surface area contributed by atoms with Gasteiger partial charge >= 0.3 is 12.3 Å². The fourth-order valence-corrected chi connectivity index (χ4v) is 1.21. The largest absolute Gasteiger partial charge is 0.573 e. The van der Waals surface area contributed by atoms with E-state index >= 15 is 0 Å². The molecule has 3 nitrogen and oxygen atoms in total. The number of carbonyl (C=O) groups excluding carboxylic acids is 1. The van der Waals surface area contributed by atoms with E-state index in [0.717, 1.165) is 18.6 Å². The summed E-state index contributed by atoms with van der Waals surface area (Å²) in [6.45, 7) is 1.94. The van der Waals surface area contributed by atoms with Gasteiger partial charge in [0.05, 0.1) is 0 Å². The summed E-state index contributed by atoms with van der Waals surface area (Å²) < 4.78 is 44.3. The Hall–Kier alpha value is -1.72. The molecular formula is C12H13F3O3. The first kappa shape index (κ1) is 14.3. The Morgan fingerprint density at radius 2 is 1.72 bits per heavy atom. The lowest BCUT2D eigenvalue weighted by Crippen LogP contribution is -2.17. The van der Waals surface area contributed by atoms with Crippen molar-refractivity contribution in [2.75, 3.05) is 0 Å². The number of alkyl halides is 3. The van der Waals surface area contributed by atoms with Crippen LogP contribution in [0.15, 0.2) is 24.3 Å². The zero-order valence-corrected chi connectivity index (χ0v) is 9.79. The highest BCUT2D eigenvalue weighted by Gasteiger charge is 2.30. The molecule has 1 aromatic carbocycles. The second-order valence-corrected chi connectivity index (χ2v) is 3.60. The molecule has 0 aliphatic heterocycles. The van der Waals surface area contributed by atoms with E-state index in [0.29, 0.717) is 6.42 Å². The lowest BCUT2D eigenvalue weighted by molar-refractivity contribution is -0.274. The molecule has 1 aromatic rings. The maximum absolute atomic E-state index is 11.9. The van der Waals surface area contributed by atoms with Crippen LogP contribution in [0.25, 0.3) is 0 Å². The molecule has 0 saturated carbocycles. The number of unbranched alkanes of at least 4 members (excludes halogenated alkanes) is 1. The molecule has 0 aromatic heterocycles. The molecule has 0 aliphatic rings. The summed E-state index contributed by atoms with van der Waals surface area (Å²) in [4.78, 5) is 11.3. The highest BCUT2D eigenvalue weighted by Crippen LogP contribution is 2.24. The summed E-state index contributed by atoms with van der Waals surface area (Å²) in [5.41, 5.74) is 0. The second kappa shape index (κ2) is 6.28. The van der Waals surface area contributed by atoms with Gasteiger partial charge in [0.2, 0.25) is 0 Å². The van der Waals surface area contributed by atoms with Crippen LogP contribution in [-0.2, 0) is 4.79 Å². The summed E-state index contributed by atoms with van der Waals surface area (Å²) in [5.74, 6) is -0.553. The van der Waals surface area contributed by atoms with Gasteiger partial charge in [0, 0.05) is 6.42 Å². The van der Waals surface area contributed by atoms with Gasteiger partial charge in [-0.25, -0.2) is 0 Å². The third-order valence-electron chi connectivity index (χ3n) is 2.02. The van der Waals surface area contributed by atoms with E-state index in [1.165, 1.54) is 12.1 Å². The van der Waals surface area contributed by atoms with Gasteiger partial charge in [-0.1, -0.05) is 13.3 Å². The van der Waals surface area contributed by atoms with Crippen molar-refractivity contribution in [3.8, 4) is 11.5 Å². The average molecular weight is 262 g/mol. The van der Waals surface area contributed by atoms with Gasteiger partial charge in [0.1, 0.15) is 11.5 Å². The predicted octanol–water partition coefficient (Wildman–Crippen LogP) is 3.68. The van der Waals surface area contributed by atoms with Crippen LogP contribution in [-0.4, -0.2) is 12.3 Å². The molecule has 0 radical (unpaired) electrons. The van der Waals surface area contributed by atoms with E-state index in [4.69, 9.17) is 4.74 Å². The van der Waals surface area contributed by atoms with Crippen molar-refractivity contribution in [3.63, 3.8) is 0 Å². The van der Waals surface area contributed by atoms with Crippen LogP contribution in [0.1, 0.15) is 26.2 Å². The smallest absolute Gasteiger partial charge is 0.427 e. The van der Waals surface area contributed by atoms with Gasteiger partial charge in [-0.15, -0.1) is 13.2 Å². The molecule has 0 heterocycles. The highest BCUT2D eigenvalue weighted by atomic mass is 19.4. The first-order valence-corrected chi connectivity index (χ1v) is 5.47. The molecule has 0 fully saturated rings. The molecule has 0 amide bonds. The Kier molecular flexibility index (Phi) is 5.00. The lowest BCUT2D eigenvalue weighted by Gasteiger charge is -2.09. The van der Waals surface area contributed by atoms with Crippen LogP contribution in [0, 0.1) is 0 Å². The summed E-state index contributed by atoms with van der Waals surface area (Å²) in [6, 6.07) is 4.70. The summed E-state index contributed by atoms with van der Waals surface area (Å²) in [5, 5.41) is 0. The molecule has 0 bridgehead atoms. The van der Waals surface area contributed by atoms with Gasteiger partial charge in [0.25, 0.3) is 0 Å². The van der Waals surface area contributed by atoms with Crippen molar-refractivity contribution < 1.29 is 27.4 Å². The number of rotatable bonds is 5. The van der Waals surface area contributed by atoms with Crippen molar-refractivity contribution in [2.24, 2.45) is 0 Å². The fourth-order valence-electron chi connectivity index (χ4n) is 1.21. The predicted molar refractivity (Wildman–Crippen MR) is 58.3 cm³/mol. The Bertz CT molecular complexity index is 385. The van der Waals surface area contributed by atoms with Crippen molar-refractivity contribution in [1.82, 2.24) is 0 Å². The van der Waals surface area contributed by atoms with E-state index in [2.05, 4.69) is 4.74 Å². The van der Waals surface area contributed by atoms with Crippen molar-refractivity contribution in [1.29, 1.82) is 0 Å². The normalized spacial score (nSPS) is 11.1. The van der Waals surface area contributed by atoms with E-state index in [1.807, 2.05) is 6.92 Å². The van der Waals surface area contributed by atoms with Gasteiger partial charge in [-0.05, 0) is 30.7 Å².